The molecule has 2 fully saturated rings. The molecule has 2 saturated heterocycles. The van der Waals surface area contributed by atoms with Crippen LogP contribution in [0.25, 0.3) is 0 Å². The van der Waals surface area contributed by atoms with Gasteiger partial charge in [-0.05, 0) is 57.8 Å². The first-order valence-corrected chi connectivity index (χ1v) is 12.5. The van der Waals surface area contributed by atoms with Gasteiger partial charge in [0.05, 0.1) is 11.4 Å². The Kier molecular flexibility index (Phi) is 7.55. The van der Waals surface area contributed by atoms with Crippen LogP contribution in [0.2, 0.25) is 0 Å². The number of carbonyl (C=O) groups excluding carboxylic acids is 1. The molecule has 7 nitrogen and oxygen atoms in total. The average molecular weight is 437 g/mol. The number of benzene rings is 1. The first-order chi connectivity index (χ1) is 14.2. The molecule has 1 unspecified atom stereocenters. The van der Waals surface area contributed by atoms with Crippen molar-refractivity contribution in [2.75, 3.05) is 52.4 Å². The van der Waals surface area contributed by atoms with Crippen LogP contribution in [0.5, 0.6) is 0 Å². The fraction of sp³-hybridized carbons (Fsp3) is 0.682. The van der Waals surface area contributed by atoms with Gasteiger partial charge >= 0.3 is 0 Å². The Balaban J connectivity index is 1.92. The van der Waals surface area contributed by atoms with Crippen molar-refractivity contribution >= 4 is 15.9 Å². The zero-order valence-corrected chi connectivity index (χ0v) is 19.6. The van der Waals surface area contributed by atoms with Crippen LogP contribution in [-0.2, 0) is 14.8 Å². The molecule has 0 bridgehead atoms. The maximum absolute atomic E-state index is 13.8. The molecule has 3 rings (SSSR count). The van der Waals surface area contributed by atoms with Crippen LogP contribution in [0.15, 0.2) is 17.0 Å². The molecule has 2 aliphatic rings. The smallest absolute Gasteiger partial charge is 0.244 e. The van der Waals surface area contributed by atoms with Crippen LogP contribution >= 0.6 is 0 Å². The highest BCUT2D eigenvalue weighted by Crippen LogP contribution is 2.27. The second kappa shape index (κ2) is 9.77. The number of aryl methyl sites for hydroxylation is 3. The molecule has 2 aliphatic heterocycles. The Bertz CT molecular complexity index is 842. The number of nitrogens with one attached hydrogen (secondary N) is 1. The quantitative estimate of drug-likeness (QED) is 0.702. The highest BCUT2D eigenvalue weighted by atomic mass is 32.2. The molecule has 1 amide bonds. The van der Waals surface area contributed by atoms with Crippen molar-refractivity contribution in [2.45, 2.75) is 51.5 Å². The third-order valence-electron chi connectivity index (χ3n) is 6.30. The summed E-state index contributed by atoms with van der Waals surface area (Å²) in [6.45, 7) is 12.7. The molecule has 1 N–H and O–H groups in total. The van der Waals surface area contributed by atoms with Crippen LogP contribution < -0.4 is 5.32 Å². The molecule has 0 spiro atoms. The van der Waals surface area contributed by atoms with Gasteiger partial charge in [-0.2, -0.15) is 4.31 Å². The maximum atomic E-state index is 13.8. The number of likely N-dealkylation sites (N-methyl/N-ethyl adjacent to an activating group) is 1. The van der Waals surface area contributed by atoms with E-state index in [0.717, 1.165) is 55.7 Å². The number of hydrogen-bond donors (Lipinski definition) is 1. The lowest BCUT2D eigenvalue weighted by Gasteiger charge is -2.33. The molecule has 0 saturated carbocycles. The minimum atomic E-state index is -3.79. The zero-order chi connectivity index (χ0) is 21.9. The minimum absolute atomic E-state index is 0.0941. The fourth-order valence-corrected chi connectivity index (χ4v) is 6.71. The summed E-state index contributed by atoms with van der Waals surface area (Å²) in [4.78, 5) is 17.5. The first kappa shape index (κ1) is 23.2. The first-order valence-electron chi connectivity index (χ1n) is 11.0. The third kappa shape index (κ3) is 5.04. The van der Waals surface area contributed by atoms with Crippen molar-refractivity contribution in [3.05, 3.63) is 28.8 Å². The van der Waals surface area contributed by atoms with Crippen molar-refractivity contribution in [2.24, 2.45) is 0 Å². The number of piperazine rings is 1. The zero-order valence-electron chi connectivity index (χ0n) is 18.8. The third-order valence-corrected chi connectivity index (χ3v) is 8.42. The predicted octanol–water partition coefficient (Wildman–Crippen LogP) is 1.52. The van der Waals surface area contributed by atoms with Gasteiger partial charge in [-0.15, -0.1) is 0 Å². The summed E-state index contributed by atoms with van der Waals surface area (Å²) >= 11 is 0. The van der Waals surface area contributed by atoms with Gasteiger partial charge in [0.25, 0.3) is 0 Å². The molecule has 1 aromatic carbocycles. The molecule has 2 heterocycles. The largest absolute Gasteiger partial charge is 0.339 e. The Morgan fingerprint density at radius 2 is 1.77 bits per heavy atom. The summed E-state index contributed by atoms with van der Waals surface area (Å²) < 4.78 is 29.1. The van der Waals surface area contributed by atoms with Gasteiger partial charge in [-0.3, -0.25) is 9.69 Å². The summed E-state index contributed by atoms with van der Waals surface area (Å²) in [5, 5.41) is 3.24. The number of likely N-dealkylation sites (tertiary alicyclic amines) is 1. The normalized spacial score (nSPS) is 20.8. The minimum Gasteiger partial charge on any atom is -0.339 e. The van der Waals surface area contributed by atoms with E-state index in [4.69, 9.17) is 0 Å². The van der Waals surface area contributed by atoms with E-state index in [1.165, 1.54) is 4.31 Å². The van der Waals surface area contributed by atoms with Gasteiger partial charge in [0.2, 0.25) is 15.9 Å². The van der Waals surface area contributed by atoms with Crippen molar-refractivity contribution in [1.82, 2.24) is 19.4 Å². The molecule has 0 aromatic heterocycles. The van der Waals surface area contributed by atoms with Crippen molar-refractivity contribution in [3.8, 4) is 0 Å². The van der Waals surface area contributed by atoms with Crippen LogP contribution in [0.3, 0.4) is 0 Å². The molecular weight excluding hydrogens is 400 g/mol. The van der Waals surface area contributed by atoms with Crippen LogP contribution in [0.1, 0.15) is 36.5 Å². The molecule has 168 valence electrons. The van der Waals surface area contributed by atoms with Crippen molar-refractivity contribution in [1.29, 1.82) is 0 Å². The van der Waals surface area contributed by atoms with E-state index in [1.807, 2.05) is 32.9 Å². The predicted molar refractivity (Wildman–Crippen MR) is 119 cm³/mol. The summed E-state index contributed by atoms with van der Waals surface area (Å²) in [5.41, 5.74) is 2.53. The monoisotopic (exact) mass is 436 g/mol. The summed E-state index contributed by atoms with van der Waals surface area (Å²) in [6.07, 6.45) is 2.04. The van der Waals surface area contributed by atoms with Gasteiger partial charge < -0.3 is 10.2 Å². The lowest BCUT2D eigenvalue weighted by Crippen LogP contribution is -2.52. The molecule has 8 heteroatoms. The average Bonchev–Trinajstić information content (AvgIpc) is 3.14. The Morgan fingerprint density at radius 1 is 1.13 bits per heavy atom. The van der Waals surface area contributed by atoms with E-state index in [1.54, 1.807) is 4.90 Å². The van der Waals surface area contributed by atoms with Gasteiger partial charge in [0.15, 0.2) is 0 Å². The Hall–Kier alpha value is -1.48. The lowest BCUT2D eigenvalue weighted by atomic mass is 10.1. The summed E-state index contributed by atoms with van der Waals surface area (Å²) in [5.74, 6) is -0.108. The molecule has 0 radical (unpaired) electrons. The van der Waals surface area contributed by atoms with Gasteiger partial charge in [-0.1, -0.05) is 24.6 Å². The highest BCUT2D eigenvalue weighted by Gasteiger charge is 2.35. The molecule has 1 aromatic rings. The number of amides is 1. The SMILES string of the molecule is CCN1CCCC1CN(CC(=O)N1CCNCC1)S(=O)(=O)c1c(C)cc(C)cc1C. The number of hydrogen-bond acceptors (Lipinski definition) is 5. The molecule has 1 atom stereocenters. The van der Waals surface area contributed by atoms with E-state index < -0.39 is 10.0 Å². The van der Waals surface area contributed by atoms with Crippen LogP contribution in [0.4, 0.5) is 0 Å². The standard InChI is InChI=1S/C22H36N4O3S/c1-5-24-10-6-7-20(24)15-26(16-21(27)25-11-8-23-9-12-25)30(28,29)22-18(3)13-17(2)14-19(22)4/h13-14,20,23H,5-12,15-16H2,1-4H3. The van der Waals surface area contributed by atoms with Crippen molar-refractivity contribution in [3.63, 3.8) is 0 Å². The van der Waals surface area contributed by atoms with Gasteiger partial charge in [-0.25, -0.2) is 8.42 Å². The second-order valence-corrected chi connectivity index (χ2v) is 10.5. The van der Waals surface area contributed by atoms with Crippen LogP contribution in [0, 0.1) is 20.8 Å². The number of nitrogens with zero attached hydrogens (tertiary/aromatic N) is 3. The highest BCUT2D eigenvalue weighted by molar-refractivity contribution is 7.89. The van der Waals surface area contributed by atoms with E-state index >= 15 is 0 Å². The van der Waals surface area contributed by atoms with Gasteiger partial charge in [0, 0.05) is 38.8 Å². The van der Waals surface area contributed by atoms with Crippen molar-refractivity contribution < 1.29 is 13.2 Å². The molecule has 30 heavy (non-hydrogen) atoms. The topological polar surface area (TPSA) is 73.0 Å². The van der Waals surface area contributed by atoms with Gasteiger partial charge in [0.1, 0.15) is 0 Å². The van der Waals surface area contributed by atoms with E-state index in [-0.39, 0.29) is 18.5 Å². The van der Waals surface area contributed by atoms with Crippen LogP contribution in [-0.4, -0.2) is 86.8 Å². The Morgan fingerprint density at radius 3 is 2.37 bits per heavy atom. The maximum Gasteiger partial charge on any atom is 0.244 e. The number of carbonyl (C=O) groups is 1. The number of sulfonamides is 1. The number of rotatable bonds is 7. The lowest BCUT2D eigenvalue weighted by molar-refractivity contribution is -0.132. The summed E-state index contributed by atoms with van der Waals surface area (Å²) in [7, 11) is -3.79. The van der Waals surface area contributed by atoms with E-state index in [0.29, 0.717) is 24.5 Å². The molecular formula is C22H36N4O3S. The van der Waals surface area contributed by atoms with E-state index in [9.17, 15) is 13.2 Å². The summed E-state index contributed by atoms with van der Waals surface area (Å²) in [6, 6.07) is 3.97. The fourth-order valence-electron chi connectivity index (χ4n) is 4.87. The Labute approximate surface area is 181 Å². The second-order valence-electron chi connectivity index (χ2n) is 8.58. The van der Waals surface area contributed by atoms with E-state index in [2.05, 4.69) is 17.1 Å². The molecule has 0 aliphatic carbocycles.